The summed E-state index contributed by atoms with van der Waals surface area (Å²) in [4.78, 5) is 0. The molecule has 0 aromatic carbocycles. The van der Waals surface area contributed by atoms with Crippen LogP contribution in [0.2, 0.25) is 0 Å². The monoisotopic (exact) mass is 206 g/mol. The molecule has 0 heterocycles. The van der Waals surface area contributed by atoms with Crippen LogP contribution >= 0.6 is 11.8 Å². The highest BCUT2D eigenvalue weighted by atomic mass is 32.2. The zero-order chi connectivity index (χ0) is 10.2. The maximum absolute atomic E-state index is 9.46. The van der Waals surface area contributed by atoms with Crippen molar-refractivity contribution in [2.75, 3.05) is 5.75 Å². The van der Waals surface area contributed by atoms with Gasteiger partial charge in [0.25, 0.3) is 0 Å². The van der Waals surface area contributed by atoms with Crippen LogP contribution in [0.3, 0.4) is 0 Å². The molecule has 2 N–H and O–H groups in total. The normalized spacial score (nSPS) is 12.0. The summed E-state index contributed by atoms with van der Waals surface area (Å²) in [5.74, 6) is 0.852. The van der Waals surface area contributed by atoms with E-state index in [1.807, 2.05) is 0 Å². The van der Waals surface area contributed by atoms with Gasteiger partial charge in [-0.25, -0.2) is 0 Å². The van der Waals surface area contributed by atoms with Gasteiger partial charge in [-0.05, 0) is 18.6 Å². The van der Waals surface area contributed by atoms with E-state index in [9.17, 15) is 10.2 Å². The van der Waals surface area contributed by atoms with E-state index < -0.39 is 5.12 Å². The average molecular weight is 206 g/mol. The minimum absolute atomic E-state index is 0.486. The zero-order valence-electron chi connectivity index (χ0n) is 8.75. The predicted molar refractivity (Wildman–Crippen MR) is 58.7 cm³/mol. The smallest absolute Gasteiger partial charge is 0.213 e. The van der Waals surface area contributed by atoms with Crippen molar-refractivity contribution in [2.24, 2.45) is 0 Å². The topological polar surface area (TPSA) is 40.5 Å². The molecule has 0 aromatic rings. The first-order valence-electron chi connectivity index (χ1n) is 5.21. The van der Waals surface area contributed by atoms with E-state index in [-0.39, 0.29) is 0 Å². The van der Waals surface area contributed by atoms with Crippen LogP contribution in [-0.2, 0) is 0 Å². The van der Waals surface area contributed by atoms with Gasteiger partial charge in [-0.1, -0.05) is 44.9 Å². The summed E-state index contributed by atoms with van der Waals surface area (Å²) in [5, 5.41) is 17.4. The standard InChI is InChI=1S/C10H22O2S/c1-3-5-7-9-13-10(11,12)8-6-4-2/h11-12H,3-9H2,1-2H3. The Balaban J connectivity index is 3.39. The summed E-state index contributed by atoms with van der Waals surface area (Å²) in [5.41, 5.74) is 0. The SMILES string of the molecule is CCCCCSC(O)(O)CCCC. The minimum atomic E-state index is -1.48. The molecule has 0 aromatic heterocycles. The molecule has 0 unspecified atom stereocenters. The predicted octanol–water partition coefficient (Wildman–Crippen LogP) is 2.74. The molecule has 0 amide bonds. The second-order valence-corrected chi connectivity index (χ2v) is 4.75. The van der Waals surface area contributed by atoms with Gasteiger partial charge in [-0.15, -0.1) is 0 Å². The summed E-state index contributed by atoms with van der Waals surface area (Å²) >= 11 is 1.27. The molecule has 0 rings (SSSR count). The maximum Gasteiger partial charge on any atom is 0.213 e. The van der Waals surface area contributed by atoms with Crippen molar-refractivity contribution in [1.82, 2.24) is 0 Å². The highest BCUT2D eigenvalue weighted by Crippen LogP contribution is 2.26. The van der Waals surface area contributed by atoms with Gasteiger partial charge in [0.2, 0.25) is 5.12 Å². The number of thioether (sulfide) groups is 1. The van der Waals surface area contributed by atoms with Crippen molar-refractivity contribution in [3.8, 4) is 0 Å². The second-order valence-electron chi connectivity index (χ2n) is 3.40. The molecular formula is C10H22O2S. The van der Waals surface area contributed by atoms with E-state index in [0.717, 1.165) is 25.0 Å². The fourth-order valence-corrected chi connectivity index (χ4v) is 2.03. The Kier molecular flexibility index (Phi) is 7.81. The first-order chi connectivity index (χ1) is 6.12. The fraction of sp³-hybridized carbons (Fsp3) is 1.00. The van der Waals surface area contributed by atoms with Crippen LogP contribution in [0.4, 0.5) is 0 Å². The lowest BCUT2D eigenvalue weighted by molar-refractivity contribution is -0.0822. The fourth-order valence-electron chi connectivity index (χ4n) is 1.07. The van der Waals surface area contributed by atoms with Crippen molar-refractivity contribution in [3.63, 3.8) is 0 Å². The second kappa shape index (κ2) is 7.65. The Morgan fingerprint density at radius 3 is 2.15 bits per heavy atom. The molecule has 0 saturated carbocycles. The molecule has 0 aliphatic rings. The lowest BCUT2D eigenvalue weighted by Gasteiger charge is -2.20. The Labute approximate surface area is 85.7 Å². The van der Waals surface area contributed by atoms with Crippen molar-refractivity contribution in [2.45, 2.75) is 57.5 Å². The molecule has 13 heavy (non-hydrogen) atoms. The van der Waals surface area contributed by atoms with E-state index in [2.05, 4.69) is 13.8 Å². The summed E-state index contributed by atoms with van der Waals surface area (Å²) in [6.45, 7) is 4.20. The third kappa shape index (κ3) is 8.60. The van der Waals surface area contributed by atoms with Crippen LogP contribution in [0.5, 0.6) is 0 Å². The summed E-state index contributed by atoms with van der Waals surface area (Å²) in [6.07, 6.45) is 5.82. The van der Waals surface area contributed by atoms with E-state index in [1.54, 1.807) is 0 Å². The van der Waals surface area contributed by atoms with E-state index in [0.29, 0.717) is 6.42 Å². The van der Waals surface area contributed by atoms with Gasteiger partial charge in [-0.2, -0.15) is 0 Å². The van der Waals surface area contributed by atoms with Crippen LogP contribution in [-0.4, -0.2) is 21.1 Å². The molecule has 3 heteroatoms. The van der Waals surface area contributed by atoms with Gasteiger partial charge in [0.15, 0.2) is 0 Å². The minimum Gasteiger partial charge on any atom is -0.357 e. The molecular weight excluding hydrogens is 184 g/mol. The highest BCUT2D eigenvalue weighted by Gasteiger charge is 2.21. The molecule has 0 fully saturated rings. The zero-order valence-corrected chi connectivity index (χ0v) is 9.57. The largest absolute Gasteiger partial charge is 0.357 e. The van der Waals surface area contributed by atoms with E-state index in [1.165, 1.54) is 24.6 Å². The molecule has 0 atom stereocenters. The number of unbranched alkanes of at least 4 members (excludes halogenated alkanes) is 3. The first kappa shape index (κ1) is 13.3. The molecule has 0 radical (unpaired) electrons. The van der Waals surface area contributed by atoms with Gasteiger partial charge in [0, 0.05) is 6.42 Å². The first-order valence-corrected chi connectivity index (χ1v) is 6.19. The molecule has 0 aliphatic carbocycles. The van der Waals surface area contributed by atoms with Crippen LogP contribution in [0.15, 0.2) is 0 Å². The molecule has 80 valence electrons. The lowest BCUT2D eigenvalue weighted by Crippen LogP contribution is -2.23. The van der Waals surface area contributed by atoms with Gasteiger partial charge < -0.3 is 10.2 Å². The number of aliphatic hydroxyl groups is 2. The van der Waals surface area contributed by atoms with Gasteiger partial charge in [-0.3, -0.25) is 0 Å². The van der Waals surface area contributed by atoms with Crippen molar-refractivity contribution in [1.29, 1.82) is 0 Å². The summed E-state index contributed by atoms with van der Waals surface area (Å²) in [7, 11) is 0. The Morgan fingerprint density at radius 2 is 1.62 bits per heavy atom. The molecule has 0 spiro atoms. The quantitative estimate of drug-likeness (QED) is 0.474. The van der Waals surface area contributed by atoms with Crippen LogP contribution in [0, 0.1) is 0 Å². The number of rotatable bonds is 8. The molecule has 0 saturated heterocycles. The number of hydrogen-bond acceptors (Lipinski definition) is 3. The van der Waals surface area contributed by atoms with Crippen LogP contribution in [0.25, 0.3) is 0 Å². The van der Waals surface area contributed by atoms with Gasteiger partial charge in [0.05, 0.1) is 0 Å². The third-order valence-corrected chi connectivity index (χ3v) is 3.10. The summed E-state index contributed by atoms with van der Waals surface area (Å²) in [6, 6.07) is 0. The van der Waals surface area contributed by atoms with Crippen molar-refractivity contribution < 1.29 is 10.2 Å². The number of hydrogen-bond donors (Lipinski definition) is 2. The lowest BCUT2D eigenvalue weighted by atomic mass is 10.2. The van der Waals surface area contributed by atoms with Crippen molar-refractivity contribution >= 4 is 11.8 Å². The Morgan fingerprint density at radius 1 is 1.00 bits per heavy atom. The maximum atomic E-state index is 9.46. The Hall–Kier alpha value is 0.270. The highest BCUT2D eigenvalue weighted by molar-refractivity contribution is 8.00. The van der Waals surface area contributed by atoms with Gasteiger partial charge >= 0.3 is 0 Å². The van der Waals surface area contributed by atoms with E-state index >= 15 is 0 Å². The third-order valence-electron chi connectivity index (χ3n) is 1.94. The van der Waals surface area contributed by atoms with Crippen molar-refractivity contribution in [3.05, 3.63) is 0 Å². The van der Waals surface area contributed by atoms with Crippen LogP contribution in [0.1, 0.15) is 52.4 Å². The molecule has 0 bridgehead atoms. The summed E-state index contributed by atoms with van der Waals surface area (Å²) < 4.78 is 0. The van der Waals surface area contributed by atoms with Gasteiger partial charge in [0.1, 0.15) is 0 Å². The molecule has 2 nitrogen and oxygen atoms in total. The Bertz CT molecular complexity index is 115. The van der Waals surface area contributed by atoms with E-state index in [4.69, 9.17) is 0 Å². The molecule has 0 aliphatic heterocycles. The average Bonchev–Trinajstić information content (AvgIpc) is 2.09. The van der Waals surface area contributed by atoms with Crippen LogP contribution < -0.4 is 0 Å².